The van der Waals surface area contributed by atoms with Crippen LogP contribution < -0.4 is 16.0 Å². The molecule has 0 fully saturated rings. The number of amides is 3. The van der Waals surface area contributed by atoms with Crippen molar-refractivity contribution in [1.29, 1.82) is 0 Å². The van der Waals surface area contributed by atoms with Gasteiger partial charge in [-0.15, -0.1) is 0 Å². The number of nitrogens with zero attached hydrogens (tertiary/aromatic N) is 2. The Kier molecular flexibility index (Phi) is 7.91. The maximum Gasteiger partial charge on any atom is 0.318 e. The van der Waals surface area contributed by atoms with Crippen molar-refractivity contribution >= 4 is 29.6 Å². The summed E-state index contributed by atoms with van der Waals surface area (Å²) in [5.74, 6) is -1.72. The van der Waals surface area contributed by atoms with Gasteiger partial charge in [-0.25, -0.2) is 0 Å². The van der Waals surface area contributed by atoms with Gasteiger partial charge < -0.3 is 16.0 Å². The minimum atomic E-state index is -0.884. The monoisotopic (exact) mass is 334 g/mol. The van der Waals surface area contributed by atoms with Crippen LogP contribution in [0.1, 0.15) is 25.8 Å². The summed E-state index contributed by atoms with van der Waals surface area (Å²) in [6, 6.07) is 5.62. The molecule has 1 aromatic carbocycles. The summed E-state index contributed by atoms with van der Waals surface area (Å²) < 4.78 is 0. The van der Waals surface area contributed by atoms with E-state index in [2.05, 4.69) is 24.1 Å². The molecule has 1 aromatic rings. The van der Waals surface area contributed by atoms with Crippen molar-refractivity contribution in [2.24, 2.45) is 5.73 Å². The van der Waals surface area contributed by atoms with Gasteiger partial charge in [-0.05, 0) is 57.5 Å². The predicted octanol–water partition coefficient (Wildman–Crippen LogP) is 1.11. The summed E-state index contributed by atoms with van der Waals surface area (Å²) in [5, 5.41) is 2.56. The Morgan fingerprint density at radius 1 is 1.25 bits per heavy atom. The first-order chi connectivity index (χ1) is 11.5. The van der Waals surface area contributed by atoms with E-state index in [0.717, 1.165) is 29.2 Å². The van der Waals surface area contributed by atoms with Crippen LogP contribution in [0.4, 0.5) is 11.4 Å². The van der Waals surface area contributed by atoms with Crippen molar-refractivity contribution in [3.8, 4) is 0 Å². The molecular formula is C17H26N4O3. The first-order valence-electron chi connectivity index (χ1n) is 8.11. The fourth-order valence-electron chi connectivity index (χ4n) is 2.34. The quantitative estimate of drug-likeness (QED) is 0.548. The lowest BCUT2D eigenvalue weighted by molar-refractivity contribution is -0.146. The van der Waals surface area contributed by atoms with Crippen LogP contribution in [0, 0.1) is 6.92 Å². The zero-order valence-electron chi connectivity index (χ0n) is 14.5. The van der Waals surface area contributed by atoms with E-state index in [1.54, 1.807) is 6.07 Å². The number of carbonyl (C=O) groups excluding carboxylic acids is 3. The zero-order valence-corrected chi connectivity index (χ0v) is 14.5. The highest BCUT2D eigenvalue weighted by atomic mass is 16.2. The molecule has 0 aromatic heterocycles. The van der Waals surface area contributed by atoms with Crippen molar-refractivity contribution in [2.75, 3.05) is 36.4 Å². The third-order valence-corrected chi connectivity index (χ3v) is 3.77. The number of nitrogens with two attached hydrogens (primary N) is 1. The van der Waals surface area contributed by atoms with Gasteiger partial charge in [0.25, 0.3) is 0 Å². The van der Waals surface area contributed by atoms with Crippen LogP contribution in [0.2, 0.25) is 0 Å². The maximum atomic E-state index is 12.1. The molecule has 0 saturated carbocycles. The Balaban J connectivity index is 2.83. The molecule has 1 rings (SSSR count). The second-order valence-electron chi connectivity index (χ2n) is 5.37. The summed E-state index contributed by atoms with van der Waals surface area (Å²) in [6.45, 7) is 8.24. The molecule has 3 N–H and O–H groups in total. The number of hydrogen-bond acceptors (Lipinski definition) is 5. The predicted molar refractivity (Wildman–Crippen MR) is 94.8 cm³/mol. The van der Waals surface area contributed by atoms with Crippen molar-refractivity contribution < 1.29 is 14.4 Å². The lowest BCUT2D eigenvalue weighted by Crippen LogP contribution is -2.40. The average molecular weight is 334 g/mol. The minimum absolute atomic E-state index is 0.131. The van der Waals surface area contributed by atoms with Crippen LogP contribution in [0.15, 0.2) is 18.2 Å². The second kappa shape index (κ2) is 9.67. The number of nitrogens with one attached hydrogen (secondary N) is 1. The Bertz CT molecular complexity index is 585. The largest absolute Gasteiger partial charge is 0.372 e. The van der Waals surface area contributed by atoms with Crippen molar-refractivity contribution in [3.63, 3.8) is 0 Å². The van der Waals surface area contributed by atoms with Crippen LogP contribution in [0.3, 0.4) is 0 Å². The number of anilines is 2. The van der Waals surface area contributed by atoms with Gasteiger partial charge in [-0.3, -0.25) is 19.3 Å². The Morgan fingerprint density at radius 3 is 2.42 bits per heavy atom. The molecule has 0 aliphatic carbocycles. The molecule has 7 nitrogen and oxygen atoms in total. The highest BCUT2D eigenvalue weighted by Crippen LogP contribution is 2.22. The van der Waals surface area contributed by atoms with Gasteiger partial charge in [0.05, 0.1) is 0 Å². The van der Waals surface area contributed by atoms with E-state index in [9.17, 15) is 14.4 Å². The molecule has 132 valence electrons. The summed E-state index contributed by atoms with van der Waals surface area (Å²) in [7, 11) is 0. The molecule has 0 bridgehead atoms. The van der Waals surface area contributed by atoms with E-state index in [1.165, 1.54) is 0 Å². The van der Waals surface area contributed by atoms with E-state index in [1.807, 2.05) is 19.1 Å². The average Bonchev–Trinajstić information content (AvgIpc) is 2.58. The molecule has 24 heavy (non-hydrogen) atoms. The van der Waals surface area contributed by atoms with Gasteiger partial charge in [-0.1, -0.05) is 0 Å². The van der Waals surface area contributed by atoms with Crippen molar-refractivity contribution in [2.45, 2.75) is 27.2 Å². The maximum absolute atomic E-state index is 12.1. The number of carbonyl (C=O) groups is 3. The molecule has 0 aliphatic rings. The SMILES string of the molecule is CCN(CC)c1ccc(NC(=O)C(=O)N(C=O)CCCN)c(C)c1. The fourth-order valence-corrected chi connectivity index (χ4v) is 2.34. The minimum Gasteiger partial charge on any atom is -0.372 e. The molecular weight excluding hydrogens is 308 g/mol. The van der Waals surface area contributed by atoms with Crippen LogP contribution in [0.5, 0.6) is 0 Å². The highest BCUT2D eigenvalue weighted by Gasteiger charge is 2.21. The molecule has 0 atom stereocenters. The third kappa shape index (κ3) is 5.06. The molecule has 0 radical (unpaired) electrons. The van der Waals surface area contributed by atoms with Crippen LogP contribution in [-0.4, -0.2) is 49.3 Å². The number of aryl methyl sites for hydroxylation is 1. The topological polar surface area (TPSA) is 95.7 Å². The van der Waals surface area contributed by atoms with Gasteiger partial charge in [0.2, 0.25) is 6.41 Å². The Labute approximate surface area is 142 Å². The molecule has 0 unspecified atom stereocenters. The first-order valence-corrected chi connectivity index (χ1v) is 8.11. The van der Waals surface area contributed by atoms with Gasteiger partial charge in [0, 0.05) is 31.0 Å². The number of rotatable bonds is 8. The molecule has 3 amide bonds. The van der Waals surface area contributed by atoms with Gasteiger partial charge in [0.15, 0.2) is 0 Å². The Hall–Kier alpha value is -2.41. The molecule has 0 saturated heterocycles. The van der Waals surface area contributed by atoms with Crippen LogP contribution in [0.25, 0.3) is 0 Å². The van der Waals surface area contributed by atoms with Gasteiger partial charge in [-0.2, -0.15) is 0 Å². The first kappa shape index (κ1) is 19.6. The van der Waals surface area contributed by atoms with Gasteiger partial charge in [0.1, 0.15) is 0 Å². The normalized spacial score (nSPS) is 10.2. The lowest BCUT2D eigenvalue weighted by atomic mass is 10.1. The smallest absolute Gasteiger partial charge is 0.318 e. The van der Waals surface area contributed by atoms with E-state index < -0.39 is 11.8 Å². The molecule has 0 heterocycles. The number of hydrogen-bond donors (Lipinski definition) is 2. The van der Waals surface area contributed by atoms with Crippen LogP contribution >= 0.6 is 0 Å². The van der Waals surface area contributed by atoms with Crippen LogP contribution in [-0.2, 0) is 14.4 Å². The highest BCUT2D eigenvalue weighted by molar-refractivity contribution is 6.41. The van der Waals surface area contributed by atoms with Gasteiger partial charge >= 0.3 is 11.8 Å². The Morgan fingerprint density at radius 2 is 1.92 bits per heavy atom. The standard InChI is InChI=1S/C17H26N4O3/c1-4-20(5-2)14-7-8-15(13(3)11-14)19-16(23)17(24)21(12-22)10-6-9-18/h7-8,11-12H,4-6,9-10,18H2,1-3H3,(H,19,23). The van der Waals surface area contributed by atoms with Crippen molar-refractivity contribution in [1.82, 2.24) is 4.90 Å². The summed E-state index contributed by atoms with van der Waals surface area (Å²) in [5.41, 5.74) is 7.81. The summed E-state index contributed by atoms with van der Waals surface area (Å²) >= 11 is 0. The molecule has 7 heteroatoms. The van der Waals surface area contributed by atoms with E-state index in [0.29, 0.717) is 25.1 Å². The lowest BCUT2D eigenvalue weighted by Gasteiger charge is -2.22. The van der Waals surface area contributed by atoms with E-state index in [-0.39, 0.29) is 6.54 Å². The third-order valence-electron chi connectivity index (χ3n) is 3.77. The molecule has 0 aliphatic heterocycles. The second-order valence-corrected chi connectivity index (χ2v) is 5.37. The fraction of sp³-hybridized carbons (Fsp3) is 0.471. The van der Waals surface area contributed by atoms with Crippen molar-refractivity contribution in [3.05, 3.63) is 23.8 Å². The molecule has 0 spiro atoms. The number of imide groups is 1. The van der Waals surface area contributed by atoms with E-state index in [4.69, 9.17) is 5.73 Å². The number of benzene rings is 1. The summed E-state index contributed by atoms with van der Waals surface area (Å²) in [6.07, 6.45) is 0.809. The zero-order chi connectivity index (χ0) is 18.1. The van der Waals surface area contributed by atoms with E-state index >= 15 is 0 Å². The summed E-state index contributed by atoms with van der Waals surface area (Å²) in [4.78, 5) is 38.0.